The minimum absolute atomic E-state index is 0.197. The molecule has 1 fully saturated rings. The van der Waals surface area contributed by atoms with Crippen LogP contribution in [-0.4, -0.2) is 32.1 Å². The molecule has 1 unspecified atom stereocenters. The standard InChI is InChI=1S/C8H9N3O2S/c1-4-5-2-10-3-6(7(5)14-9-4)11(13)8(10)12/h6,13H,2-3H2,1H3. The van der Waals surface area contributed by atoms with Crippen molar-refractivity contribution in [3.05, 3.63) is 16.1 Å². The number of carbonyl (C=O) groups excluding carboxylic acids is 1. The Morgan fingerprint density at radius 2 is 2.43 bits per heavy atom. The van der Waals surface area contributed by atoms with Crippen LogP contribution in [0.4, 0.5) is 4.79 Å². The third-order valence-corrected chi connectivity index (χ3v) is 3.90. The number of hydrogen-bond acceptors (Lipinski definition) is 4. The van der Waals surface area contributed by atoms with E-state index in [-0.39, 0.29) is 12.1 Å². The van der Waals surface area contributed by atoms with Gasteiger partial charge in [0.05, 0.1) is 23.7 Å². The highest BCUT2D eigenvalue weighted by atomic mass is 32.1. The highest BCUT2D eigenvalue weighted by Crippen LogP contribution is 2.39. The fraction of sp³-hybridized carbons (Fsp3) is 0.500. The molecule has 14 heavy (non-hydrogen) atoms. The molecule has 2 bridgehead atoms. The van der Waals surface area contributed by atoms with Crippen LogP contribution in [0.2, 0.25) is 0 Å². The van der Waals surface area contributed by atoms with E-state index in [4.69, 9.17) is 0 Å². The second-order valence-corrected chi connectivity index (χ2v) is 4.44. The van der Waals surface area contributed by atoms with Crippen molar-refractivity contribution in [2.75, 3.05) is 6.54 Å². The molecule has 74 valence electrons. The Kier molecular flexibility index (Phi) is 1.44. The van der Waals surface area contributed by atoms with Crippen molar-refractivity contribution in [3.8, 4) is 0 Å². The first kappa shape index (κ1) is 8.19. The summed E-state index contributed by atoms with van der Waals surface area (Å²) >= 11 is 1.39. The molecule has 0 radical (unpaired) electrons. The molecule has 6 heteroatoms. The highest BCUT2D eigenvalue weighted by molar-refractivity contribution is 7.06. The zero-order chi connectivity index (χ0) is 9.87. The van der Waals surface area contributed by atoms with Crippen molar-refractivity contribution in [3.63, 3.8) is 0 Å². The summed E-state index contributed by atoms with van der Waals surface area (Å²) in [5.74, 6) is 0. The number of nitrogens with zero attached hydrogens (tertiary/aromatic N) is 3. The molecule has 1 aromatic rings. The highest BCUT2D eigenvalue weighted by Gasteiger charge is 2.44. The maximum Gasteiger partial charge on any atom is 0.344 e. The van der Waals surface area contributed by atoms with Crippen LogP contribution in [0.15, 0.2) is 0 Å². The van der Waals surface area contributed by atoms with Gasteiger partial charge in [-0.2, -0.15) is 9.44 Å². The van der Waals surface area contributed by atoms with Crippen LogP contribution < -0.4 is 0 Å². The summed E-state index contributed by atoms with van der Waals surface area (Å²) in [5.41, 5.74) is 2.08. The smallest absolute Gasteiger partial charge is 0.316 e. The van der Waals surface area contributed by atoms with Gasteiger partial charge >= 0.3 is 6.03 Å². The first-order valence-electron chi connectivity index (χ1n) is 4.40. The molecule has 0 saturated carbocycles. The Morgan fingerprint density at radius 1 is 1.64 bits per heavy atom. The molecule has 1 aromatic heterocycles. The van der Waals surface area contributed by atoms with Crippen LogP contribution in [0.3, 0.4) is 0 Å². The van der Waals surface area contributed by atoms with E-state index in [2.05, 4.69) is 4.37 Å². The fourth-order valence-electron chi connectivity index (χ4n) is 2.02. The van der Waals surface area contributed by atoms with Crippen LogP contribution in [0.1, 0.15) is 22.2 Å². The monoisotopic (exact) mass is 211 g/mol. The van der Waals surface area contributed by atoms with Crippen molar-refractivity contribution in [2.24, 2.45) is 0 Å². The van der Waals surface area contributed by atoms with Gasteiger partial charge in [0, 0.05) is 5.56 Å². The van der Waals surface area contributed by atoms with E-state index in [1.807, 2.05) is 6.92 Å². The molecule has 2 amide bonds. The summed E-state index contributed by atoms with van der Waals surface area (Å²) in [6, 6.07) is -0.491. The largest absolute Gasteiger partial charge is 0.344 e. The molecule has 3 heterocycles. The molecule has 1 saturated heterocycles. The Morgan fingerprint density at radius 3 is 3.21 bits per heavy atom. The van der Waals surface area contributed by atoms with E-state index in [1.165, 1.54) is 11.5 Å². The molecule has 0 aromatic carbocycles. The first-order chi connectivity index (χ1) is 6.68. The minimum Gasteiger partial charge on any atom is -0.316 e. The Hall–Kier alpha value is -1.14. The quantitative estimate of drug-likeness (QED) is 0.654. The summed E-state index contributed by atoms with van der Waals surface area (Å²) in [6.45, 7) is 3.11. The van der Waals surface area contributed by atoms with Gasteiger partial charge in [0.1, 0.15) is 6.04 Å². The maximum atomic E-state index is 11.5. The number of hydrogen-bond donors (Lipinski definition) is 1. The van der Waals surface area contributed by atoms with Crippen molar-refractivity contribution in [2.45, 2.75) is 19.5 Å². The summed E-state index contributed by atoms with van der Waals surface area (Å²) in [4.78, 5) is 14.1. The molecule has 1 N–H and O–H groups in total. The number of carbonyl (C=O) groups is 1. The van der Waals surface area contributed by atoms with Crippen LogP contribution in [0.25, 0.3) is 0 Å². The normalized spacial score (nSPS) is 24.4. The third-order valence-electron chi connectivity index (χ3n) is 2.82. The van der Waals surface area contributed by atoms with Crippen molar-refractivity contribution in [1.82, 2.24) is 14.3 Å². The van der Waals surface area contributed by atoms with Crippen LogP contribution >= 0.6 is 11.5 Å². The predicted octanol–water partition coefficient (Wildman–Crippen LogP) is 1.13. The number of aromatic nitrogens is 1. The van der Waals surface area contributed by atoms with Gasteiger partial charge in [-0.25, -0.2) is 4.79 Å². The zero-order valence-corrected chi connectivity index (χ0v) is 8.41. The molecule has 1 atom stereocenters. The van der Waals surface area contributed by atoms with Gasteiger partial charge < -0.3 is 4.90 Å². The number of hydroxylamine groups is 2. The van der Waals surface area contributed by atoms with Gasteiger partial charge in [-0.15, -0.1) is 0 Å². The van der Waals surface area contributed by atoms with Crippen molar-refractivity contribution in [1.29, 1.82) is 0 Å². The van der Waals surface area contributed by atoms with Gasteiger partial charge in [-0.1, -0.05) is 0 Å². The van der Waals surface area contributed by atoms with E-state index in [9.17, 15) is 10.0 Å². The molecule has 0 spiro atoms. The van der Waals surface area contributed by atoms with Gasteiger partial charge in [0.2, 0.25) is 0 Å². The Balaban J connectivity index is 2.15. The lowest BCUT2D eigenvalue weighted by atomic mass is 10.1. The zero-order valence-electron chi connectivity index (χ0n) is 7.60. The fourth-order valence-corrected chi connectivity index (χ4v) is 2.98. The average Bonchev–Trinajstić information content (AvgIpc) is 2.65. The number of urea groups is 1. The van der Waals surface area contributed by atoms with E-state index < -0.39 is 0 Å². The van der Waals surface area contributed by atoms with Gasteiger partial charge in [-0.3, -0.25) is 5.21 Å². The Bertz CT molecular complexity index is 417. The SMILES string of the molecule is Cc1nsc2c1CN1CC2N(O)C1=O. The lowest BCUT2D eigenvalue weighted by Gasteiger charge is -2.20. The summed E-state index contributed by atoms with van der Waals surface area (Å²) in [7, 11) is 0. The van der Waals surface area contributed by atoms with Crippen molar-refractivity contribution < 1.29 is 10.0 Å². The lowest BCUT2D eigenvalue weighted by Crippen LogP contribution is -2.28. The second kappa shape index (κ2) is 2.46. The molecule has 2 aliphatic heterocycles. The summed E-state index contributed by atoms with van der Waals surface area (Å²) < 4.78 is 4.24. The van der Waals surface area contributed by atoms with Gasteiger partial charge in [0.25, 0.3) is 0 Å². The molecule has 5 nitrogen and oxygen atoms in total. The molecular formula is C8H9N3O2S. The summed E-state index contributed by atoms with van der Waals surface area (Å²) in [5, 5.41) is 10.4. The summed E-state index contributed by atoms with van der Waals surface area (Å²) in [6.07, 6.45) is 0. The lowest BCUT2D eigenvalue weighted by molar-refractivity contribution is -0.0577. The molecular weight excluding hydrogens is 202 g/mol. The number of fused-ring (bicyclic) bond motifs is 4. The number of rotatable bonds is 0. The van der Waals surface area contributed by atoms with E-state index in [0.29, 0.717) is 13.1 Å². The topological polar surface area (TPSA) is 56.7 Å². The minimum atomic E-state index is -0.294. The predicted molar refractivity (Wildman–Crippen MR) is 49.0 cm³/mol. The van der Waals surface area contributed by atoms with Gasteiger partial charge in [0.15, 0.2) is 0 Å². The second-order valence-electron chi connectivity index (χ2n) is 3.63. The number of aryl methyl sites for hydroxylation is 1. The third kappa shape index (κ3) is 0.821. The van der Waals surface area contributed by atoms with Crippen LogP contribution in [-0.2, 0) is 6.54 Å². The number of amides is 2. The van der Waals surface area contributed by atoms with Crippen molar-refractivity contribution >= 4 is 17.6 Å². The van der Waals surface area contributed by atoms with E-state index in [0.717, 1.165) is 21.2 Å². The van der Waals surface area contributed by atoms with Crippen LogP contribution in [0, 0.1) is 6.92 Å². The Labute approximate surface area is 84.7 Å². The average molecular weight is 211 g/mol. The van der Waals surface area contributed by atoms with E-state index >= 15 is 0 Å². The van der Waals surface area contributed by atoms with Gasteiger partial charge in [-0.05, 0) is 18.5 Å². The first-order valence-corrected chi connectivity index (χ1v) is 5.18. The maximum absolute atomic E-state index is 11.5. The van der Waals surface area contributed by atoms with Crippen LogP contribution in [0.5, 0.6) is 0 Å². The molecule has 0 aliphatic carbocycles. The molecule has 2 aliphatic rings. The van der Waals surface area contributed by atoms with E-state index in [1.54, 1.807) is 4.90 Å². The molecule has 3 rings (SSSR count).